The van der Waals surface area contributed by atoms with Crippen LogP contribution in [0.4, 0.5) is 0 Å². The molecule has 0 saturated heterocycles. The number of nitrogens with zero attached hydrogens (tertiary/aromatic N) is 1. The minimum atomic E-state index is 0.693. The summed E-state index contributed by atoms with van der Waals surface area (Å²) in [5.41, 5.74) is 1.84. The van der Waals surface area contributed by atoms with Gasteiger partial charge >= 0.3 is 0 Å². The third kappa shape index (κ3) is 3.03. The van der Waals surface area contributed by atoms with Crippen molar-refractivity contribution in [3.05, 3.63) is 71.8 Å². The van der Waals surface area contributed by atoms with Gasteiger partial charge in [-0.1, -0.05) is 48.2 Å². The van der Waals surface area contributed by atoms with Gasteiger partial charge in [0.1, 0.15) is 0 Å². The molecule has 18 heavy (non-hydrogen) atoms. The number of hydrogen-bond acceptors (Lipinski definition) is 2. The quantitative estimate of drug-likeness (QED) is 0.737. The van der Waals surface area contributed by atoms with Crippen LogP contribution in [0.3, 0.4) is 0 Å². The summed E-state index contributed by atoms with van der Waals surface area (Å²) in [6, 6.07) is 20.1. The second-order valence-electron chi connectivity index (χ2n) is 3.76. The smallest absolute Gasteiger partial charge is 0.0991 e. The van der Waals surface area contributed by atoms with Crippen LogP contribution in [-0.4, -0.2) is 0 Å². The van der Waals surface area contributed by atoms with Gasteiger partial charge in [0.05, 0.1) is 11.6 Å². The second kappa shape index (κ2) is 6.09. The lowest BCUT2D eigenvalue weighted by Crippen LogP contribution is -1.81. The molecule has 0 amide bonds. The second-order valence-corrected chi connectivity index (χ2v) is 4.87. The Kier molecular flexibility index (Phi) is 4.22. The van der Waals surface area contributed by atoms with Crippen LogP contribution in [0.15, 0.2) is 65.6 Å². The van der Waals surface area contributed by atoms with Crippen molar-refractivity contribution in [3.8, 4) is 6.07 Å². The molecule has 0 aromatic heterocycles. The Morgan fingerprint density at radius 2 is 1.72 bits per heavy atom. The van der Waals surface area contributed by atoms with Crippen molar-refractivity contribution in [2.45, 2.75) is 11.8 Å². The molecule has 0 radical (unpaired) electrons. The monoisotopic (exact) mass is 251 g/mol. The molecule has 2 aromatic carbocycles. The minimum Gasteiger partial charge on any atom is -0.192 e. The van der Waals surface area contributed by atoms with Crippen LogP contribution in [0, 0.1) is 11.3 Å². The summed E-state index contributed by atoms with van der Waals surface area (Å²) < 4.78 is 0. The highest BCUT2D eigenvalue weighted by atomic mass is 32.2. The van der Waals surface area contributed by atoms with Gasteiger partial charge in [-0.25, -0.2) is 0 Å². The third-order valence-electron chi connectivity index (χ3n) is 2.53. The maximum Gasteiger partial charge on any atom is 0.0991 e. The van der Waals surface area contributed by atoms with Gasteiger partial charge in [0.15, 0.2) is 0 Å². The molecule has 2 heteroatoms. The molecule has 0 saturated carbocycles. The Labute approximate surface area is 112 Å². The van der Waals surface area contributed by atoms with Gasteiger partial charge < -0.3 is 0 Å². The highest BCUT2D eigenvalue weighted by molar-refractivity contribution is 8.08. The summed E-state index contributed by atoms with van der Waals surface area (Å²) in [5, 5.41) is 8.79. The van der Waals surface area contributed by atoms with E-state index < -0.39 is 0 Å². The summed E-state index contributed by atoms with van der Waals surface area (Å²) in [6.45, 7) is 2.03. The van der Waals surface area contributed by atoms with Crippen molar-refractivity contribution in [1.29, 1.82) is 5.26 Å². The van der Waals surface area contributed by atoms with E-state index in [1.165, 1.54) is 9.80 Å². The molecule has 1 nitrogen and oxygen atoms in total. The van der Waals surface area contributed by atoms with E-state index in [0.29, 0.717) is 5.56 Å². The van der Waals surface area contributed by atoms with Crippen molar-refractivity contribution in [2.24, 2.45) is 0 Å². The molecule has 0 N–H and O–H groups in total. The Bertz CT molecular complexity index is 577. The zero-order valence-electron chi connectivity index (χ0n) is 10.1. The number of allylic oxidation sites excluding steroid dienone is 1. The fraction of sp³-hybridized carbons (Fsp3) is 0.0625. The zero-order valence-corrected chi connectivity index (χ0v) is 10.9. The van der Waals surface area contributed by atoms with E-state index in [1.807, 2.05) is 49.4 Å². The van der Waals surface area contributed by atoms with Crippen molar-refractivity contribution in [1.82, 2.24) is 0 Å². The predicted molar refractivity (Wildman–Crippen MR) is 77.1 cm³/mol. The number of benzene rings is 2. The number of hydrogen-bond donors (Lipinski definition) is 0. The highest BCUT2D eigenvalue weighted by Gasteiger charge is 2.03. The van der Waals surface area contributed by atoms with Crippen LogP contribution in [0.5, 0.6) is 0 Å². The summed E-state index contributed by atoms with van der Waals surface area (Å²) in [5.74, 6) is 0. The average molecular weight is 251 g/mol. The lowest BCUT2D eigenvalue weighted by atomic mass is 10.1. The number of nitriles is 1. The summed E-state index contributed by atoms with van der Waals surface area (Å²) in [4.78, 5) is 2.42. The molecule has 0 unspecified atom stereocenters. The molecule has 0 atom stereocenters. The van der Waals surface area contributed by atoms with Crippen molar-refractivity contribution < 1.29 is 0 Å². The number of rotatable bonds is 3. The van der Waals surface area contributed by atoms with Gasteiger partial charge in [0.2, 0.25) is 0 Å². The van der Waals surface area contributed by atoms with Crippen LogP contribution in [-0.2, 0) is 0 Å². The van der Waals surface area contributed by atoms with E-state index in [4.69, 9.17) is 5.26 Å². The van der Waals surface area contributed by atoms with E-state index in [9.17, 15) is 0 Å². The van der Waals surface area contributed by atoms with E-state index in [2.05, 4.69) is 24.3 Å². The average Bonchev–Trinajstić information content (AvgIpc) is 2.46. The largest absolute Gasteiger partial charge is 0.192 e. The molecular formula is C16H13NS. The Hall–Kier alpha value is -1.98. The maximum atomic E-state index is 8.79. The minimum absolute atomic E-state index is 0.693. The fourth-order valence-electron chi connectivity index (χ4n) is 1.61. The molecular weight excluding hydrogens is 238 g/mol. The first-order chi connectivity index (χ1) is 8.83. The summed E-state index contributed by atoms with van der Waals surface area (Å²) >= 11 is 1.73. The topological polar surface area (TPSA) is 23.8 Å². The molecule has 0 aliphatic heterocycles. The molecule has 0 bridgehead atoms. The van der Waals surface area contributed by atoms with Gasteiger partial charge in [-0.15, -0.1) is 0 Å². The molecule has 0 heterocycles. The van der Waals surface area contributed by atoms with Gasteiger partial charge in [-0.3, -0.25) is 0 Å². The fourth-order valence-corrected chi connectivity index (χ4v) is 2.53. The Balaban J connectivity index is 2.22. The van der Waals surface area contributed by atoms with E-state index >= 15 is 0 Å². The van der Waals surface area contributed by atoms with Gasteiger partial charge in [0, 0.05) is 9.80 Å². The van der Waals surface area contributed by atoms with Crippen LogP contribution in [0.1, 0.15) is 18.1 Å². The van der Waals surface area contributed by atoms with Crippen LogP contribution < -0.4 is 0 Å². The van der Waals surface area contributed by atoms with Crippen LogP contribution in [0.25, 0.3) is 4.91 Å². The molecule has 0 fully saturated rings. The van der Waals surface area contributed by atoms with Crippen molar-refractivity contribution in [3.63, 3.8) is 0 Å². The molecule has 2 rings (SSSR count). The summed E-state index contributed by atoms with van der Waals surface area (Å²) in [6.07, 6.45) is 2.10. The Morgan fingerprint density at radius 1 is 1.06 bits per heavy atom. The summed E-state index contributed by atoms with van der Waals surface area (Å²) in [7, 11) is 0. The van der Waals surface area contributed by atoms with Crippen LogP contribution >= 0.6 is 11.8 Å². The normalized spacial score (nSPS) is 11.0. The lowest BCUT2D eigenvalue weighted by Gasteiger charge is -2.07. The maximum absolute atomic E-state index is 8.79. The zero-order chi connectivity index (χ0) is 12.8. The first-order valence-corrected chi connectivity index (χ1v) is 6.55. The van der Waals surface area contributed by atoms with Gasteiger partial charge in [-0.05, 0) is 36.8 Å². The van der Waals surface area contributed by atoms with Crippen LogP contribution in [0.2, 0.25) is 0 Å². The molecule has 88 valence electrons. The van der Waals surface area contributed by atoms with E-state index in [1.54, 1.807) is 11.8 Å². The molecule has 0 spiro atoms. The molecule has 0 aliphatic carbocycles. The van der Waals surface area contributed by atoms with E-state index in [0.717, 1.165) is 5.56 Å². The third-order valence-corrected chi connectivity index (χ3v) is 3.73. The lowest BCUT2D eigenvalue weighted by molar-refractivity contribution is 1.47. The van der Waals surface area contributed by atoms with Gasteiger partial charge in [-0.2, -0.15) is 5.26 Å². The SMILES string of the molecule is C/C=C(\Sc1ccccc1)c1ccc(C#N)cc1. The van der Waals surface area contributed by atoms with Gasteiger partial charge in [0.25, 0.3) is 0 Å². The Morgan fingerprint density at radius 3 is 2.28 bits per heavy atom. The number of thioether (sulfide) groups is 1. The standard InChI is InChI=1S/C16H13NS/c1-2-16(18-15-6-4-3-5-7-15)14-10-8-13(12-17)9-11-14/h2-11H,1H3/b16-2-. The van der Waals surface area contributed by atoms with Crippen molar-refractivity contribution >= 4 is 16.7 Å². The first-order valence-electron chi connectivity index (χ1n) is 5.73. The predicted octanol–water partition coefficient (Wildman–Crippen LogP) is 4.71. The molecule has 0 aliphatic rings. The van der Waals surface area contributed by atoms with E-state index in [-0.39, 0.29) is 0 Å². The first kappa shape index (κ1) is 12.5. The van der Waals surface area contributed by atoms with Crippen molar-refractivity contribution in [2.75, 3.05) is 0 Å². The molecule has 2 aromatic rings. The highest BCUT2D eigenvalue weighted by Crippen LogP contribution is 2.33.